The number of aromatic nitrogens is 1. The van der Waals surface area contributed by atoms with Gasteiger partial charge in [0.25, 0.3) is 11.5 Å². The molecule has 2 fully saturated rings. The van der Waals surface area contributed by atoms with E-state index >= 15 is 0 Å². The summed E-state index contributed by atoms with van der Waals surface area (Å²) < 4.78 is 26.2. The van der Waals surface area contributed by atoms with Crippen molar-refractivity contribution in [2.75, 3.05) is 25.9 Å². The summed E-state index contributed by atoms with van der Waals surface area (Å²) in [5.41, 5.74) is -0.183. The number of hydrogen-bond donors (Lipinski definition) is 0. The second kappa shape index (κ2) is 5.20. The number of carbonyl (C=O) groups is 1. The van der Waals surface area contributed by atoms with Gasteiger partial charge in [0.05, 0.1) is 6.26 Å². The van der Waals surface area contributed by atoms with Crippen LogP contribution in [0.5, 0.6) is 0 Å². The van der Waals surface area contributed by atoms with Crippen molar-refractivity contribution in [3.63, 3.8) is 0 Å². The first kappa shape index (κ1) is 15.2. The van der Waals surface area contributed by atoms with Gasteiger partial charge in [-0.1, -0.05) is 0 Å². The number of aryl methyl sites for hydroxylation is 1. The summed E-state index contributed by atoms with van der Waals surface area (Å²) in [6, 6.07) is 3.06. The van der Waals surface area contributed by atoms with E-state index in [1.54, 1.807) is 24.2 Å². The maximum absolute atomic E-state index is 12.7. The highest BCUT2D eigenvalue weighted by molar-refractivity contribution is 7.88. The molecule has 22 heavy (non-hydrogen) atoms. The Morgan fingerprint density at radius 3 is 2.73 bits per heavy atom. The highest BCUT2D eigenvalue weighted by Crippen LogP contribution is 2.33. The van der Waals surface area contributed by atoms with Crippen LogP contribution in [0.4, 0.5) is 0 Å². The number of sulfonamides is 1. The summed E-state index contributed by atoms with van der Waals surface area (Å²) in [6.45, 7) is 1.35. The molecule has 0 spiro atoms. The third kappa shape index (κ3) is 2.46. The minimum Gasteiger partial charge on any atom is -0.334 e. The molecule has 3 heterocycles. The number of carbonyl (C=O) groups excluding carboxylic acids is 1. The van der Waals surface area contributed by atoms with Crippen LogP contribution in [-0.4, -0.2) is 60.0 Å². The minimum absolute atomic E-state index is 0.132. The standard InChI is InChI=1S/C14H19N3O4S/c1-15-6-3-4-11(13(15)18)14(19)17-7-5-10-8-16(9-12(10)17)22(2,20)21/h3-4,6,10,12H,5,7-9H2,1-2H3/t10-,12+/m0/s1. The van der Waals surface area contributed by atoms with Gasteiger partial charge in [0.2, 0.25) is 10.0 Å². The zero-order valence-corrected chi connectivity index (χ0v) is 13.4. The van der Waals surface area contributed by atoms with Gasteiger partial charge >= 0.3 is 0 Å². The molecular formula is C14H19N3O4S. The molecule has 0 aromatic carbocycles. The van der Waals surface area contributed by atoms with Crippen molar-refractivity contribution < 1.29 is 13.2 Å². The van der Waals surface area contributed by atoms with Gasteiger partial charge in [-0.25, -0.2) is 8.42 Å². The fraction of sp³-hybridized carbons (Fsp3) is 0.571. The molecule has 2 saturated heterocycles. The normalized spacial score (nSPS) is 25.5. The van der Waals surface area contributed by atoms with Crippen molar-refractivity contribution in [1.29, 1.82) is 0 Å². The molecule has 120 valence electrons. The molecule has 2 atom stereocenters. The van der Waals surface area contributed by atoms with E-state index in [4.69, 9.17) is 0 Å². The van der Waals surface area contributed by atoms with Crippen molar-refractivity contribution in [1.82, 2.24) is 13.8 Å². The molecule has 2 aliphatic heterocycles. The van der Waals surface area contributed by atoms with E-state index in [0.29, 0.717) is 19.6 Å². The topological polar surface area (TPSA) is 79.7 Å². The average Bonchev–Trinajstić information content (AvgIpc) is 3.00. The molecule has 0 unspecified atom stereocenters. The zero-order valence-electron chi connectivity index (χ0n) is 12.6. The molecule has 0 N–H and O–H groups in total. The third-order valence-corrected chi connectivity index (χ3v) is 5.83. The van der Waals surface area contributed by atoms with Crippen LogP contribution >= 0.6 is 0 Å². The number of pyridine rings is 1. The highest BCUT2D eigenvalue weighted by atomic mass is 32.2. The van der Waals surface area contributed by atoms with Crippen molar-refractivity contribution in [3.8, 4) is 0 Å². The van der Waals surface area contributed by atoms with Gasteiger partial charge in [0, 0.05) is 38.9 Å². The molecule has 1 aromatic rings. The molecule has 1 aromatic heterocycles. The largest absolute Gasteiger partial charge is 0.334 e. The Morgan fingerprint density at radius 2 is 2.05 bits per heavy atom. The van der Waals surface area contributed by atoms with Crippen LogP contribution < -0.4 is 5.56 Å². The van der Waals surface area contributed by atoms with Crippen LogP contribution in [0.2, 0.25) is 0 Å². The Hall–Kier alpha value is -1.67. The number of rotatable bonds is 2. The molecule has 8 heteroatoms. The predicted molar refractivity (Wildman–Crippen MR) is 81.0 cm³/mol. The molecule has 0 bridgehead atoms. The van der Waals surface area contributed by atoms with E-state index < -0.39 is 10.0 Å². The molecule has 0 aliphatic carbocycles. The van der Waals surface area contributed by atoms with Crippen molar-refractivity contribution >= 4 is 15.9 Å². The van der Waals surface area contributed by atoms with E-state index in [9.17, 15) is 18.0 Å². The van der Waals surface area contributed by atoms with Crippen molar-refractivity contribution in [2.45, 2.75) is 12.5 Å². The third-order valence-electron chi connectivity index (χ3n) is 4.60. The lowest BCUT2D eigenvalue weighted by Crippen LogP contribution is -2.42. The maximum atomic E-state index is 12.7. The summed E-state index contributed by atoms with van der Waals surface area (Å²) in [7, 11) is -1.64. The number of nitrogens with zero attached hydrogens (tertiary/aromatic N) is 3. The smallest absolute Gasteiger partial charge is 0.263 e. The molecule has 3 rings (SSSR count). The number of likely N-dealkylation sites (tertiary alicyclic amines) is 1. The van der Waals surface area contributed by atoms with Gasteiger partial charge in [-0.15, -0.1) is 0 Å². The van der Waals surface area contributed by atoms with E-state index in [1.807, 2.05) is 0 Å². The van der Waals surface area contributed by atoms with Gasteiger partial charge in [0.1, 0.15) is 5.56 Å². The summed E-state index contributed by atoms with van der Waals surface area (Å²) in [5.74, 6) is -0.143. The molecule has 1 amide bonds. The lowest BCUT2D eigenvalue weighted by molar-refractivity contribution is 0.0730. The van der Waals surface area contributed by atoms with Crippen LogP contribution in [0.25, 0.3) is 0 Å². The first-order valence-corrected chi connectivity index (χ1v) is 9.05. The fourth-order valence-corrected chi connectivity index (χ4v) is 4.25. The Morgan fingerprint density at radius 1 is 1.32 bits per heavy atom. The van der Waals surface area contributed by atoms with Gasteiger partial charge in [-0.05, 0) is 24.5 Å². The lowest BCUT2D eigenvalue weighted by atomic mass is 10.0. The van der Waals surface area contributed by atoms with Crippen LogP contribution in [0, 0.1) is 5.92 Å². The minimum atomic E-state index is -3.24. The quantitative estimate of drug-likeness (QED) is 0.734. The highest BCUT2D eigenvalue weighted by Gasteiger charge is 2.46. The first-order chi connectivity index (χ1) is 10.3. The fourth-order valence-electron chi connectivity index (χ4n) is 3.36. The molecular weight excluding hydrogens is 306 g/mol. The van der Waals surface area contributed by atoms with E-state index in [1.165, 1.54) is 21.2 Å². The lowest BCUT2D eigenvalue weighted by Gasteiger charge is -2.24. The Bertz CT molecular complexity index is 771. The van der Waals surface area contributed by atoms with Crippen molar-refractivity contribution in [2.24, 2.45) is 13.0 Å². The Labute approximate surface area is 129 Å². The predicted octanol–water partition coefficient (Wildman–Crippen LogP) is -0.509. The van der Waals surface area contributed by atoms with Crippen molar-refractivity contribution in [3.05, 3.63) is 34.2 Å². The van der Waals surface area contributed by atoms with E-state index in [2.05, 4.69) is 0 Å². The molecule has 2 aliphatic rings. The maximum Gasteiger partial charge on any atom is 0.263 e. The molecule has 0 saturated carbocycles. The van der Waals surface area contributed by atoms with Gasteiger partial charge < -0.3 is 9.47 Å². The monoisotopic (exact) mass is 325 g/mol. The van der Waals surface area contributed by atoms with E-state index in [-0.39, 0.29) is 29.0 Å². The van der Waals surface area contributed by atoms with Crippen LogP contribution in [-0.2, 0) is 17.1 Å². The van der Waals surface area contributed by atoms with Gasteiger partial charge in [0.15, 0.2) is 0 Å². The number of fused-ring (bicyclic) bond motifs is 1. The Kier molecular flexibility index (Phi) is 3.60. The number of hydrogen-bond acceptors (Lipinski definition) is 4. The summed E-state index contributed by atoms with van der Waals surface area (Å²) >= 11 is 0. The zero-order chi connectivity index (χ0) is 16.1. The number of amides is 1. The molecule has 0 radical (unpaired) electrons. The van der Waals surface area contributed by atoms with Gasteiger partial charge in [-0.3, -0.25) is 9.59 Å². The second-order valence-corrected chi connectivity index (χ2v) is 8.01. The first-order valence-electron chi connectivity index (χ1n) is 7.21. The average molecular weight is 325 g/mol. The summed E-state index contributed by atoms with van der Waals surface area (Å²) in [4.78, 5) is 26.4. The van der Waals surface area contributed by atoms with Crippen LogP contribution in [0.1, 0.15) is 16.8 Å². The van der Waals surface area contributed by atoms with Crippen LogP contribution in [0.3, 0.4) is 0 Å². The Balaban J connectivity index is 1.86. The van der Waals surface area contributed by atoms with Crippen LogP contribution in [0.15, 0.2) is 23.1 Å². The summed E-state index contributed by atoms with van der Waals surface area (Å²) in [5, 5.41) is 0. The second-order valence-electron chi connectivity index (χ2n) is 6.03. The summed E-state index contributed by atoms with van der Waals surface area (Å²) in [6.07, 6.45) is 3.57. The molecule has 7 nitrogen and oxygen atoms in total. The van der Waals surface area contributed by atoms with Gasteiger partial charge in [-0.2, -0.15) is 4.31 Å². The SMILES string of the molecule is Cn1cccc(C(=O)N2CC[C@H]3CN(S(C)(=O)=O)C[C@H]32)c1=O. The van der Waals surface area contributed by atoms with E-state index in [0.717, 1.165) is 6.42 Å².